The molecule has 0 atom stereocenters. The van der Waals surface area contributed by atoms with Crippen LogP contribution in [0.2, 0.25) is 0 Å². The number of hydrogen-bond donors (Lipinski definition) is 0. The van der Waals surface area contributed by atoms with Crippen LogP contribution in [-0.4, -0.2) is 0 Å². The fourth-order valence-electron chi connectivity index (χ4n) is 7.73. The molecule has 2 aliphatic rings. The van der Waals surface area contributed by atoms with Gasteiger partial charge >= 0.3 is 0 Å². The van der Waals surface area contributed by atoms with Crippen molar-refractivity contribution in [1.82, 2.24) is 0 Å². The van der Waals surface area contributed by atoms with Gasteiger partial charge in [-0.25, -0.2) is 0 Å². The molecule has 0 radical (unpaired) electrons. The van der Waals surface area contributed by atoms with E-state index < -0.39 is 0 Å². The van der Waals surface area contributed by atoms with Crippen LogP contribution >= 0.6 is 0 Å². The Kier molecular flexibility index (Phi) is 4.73. The predicted octanol–water partition coefficient (Wildman–Crippen LogP) is 10.8. The van der Waals surface area contributed by atoms with Crippen molar-refractivity contribution >= 4 is 10.8 Å². The number of rotatable bonds is 2. The Morgan fingerprint density at radius 2 is 0.850 bits per heavy atom. The summed E-state index contributed by atoms with van der Waals surface area (Å²) in [5.74, 6) is 0. The molecule has 0 heteroatoms. The first kappa shape index (κ1) is 23.5. The Morgan fingerprint density at radius 1 is 0.350 bits per heavy atom. The van der Waals surface area contributed by atoms with Crippen LogP contribution in [-0.2, 0) is 10.8 Å². The SMILES string of the molecule is CC1(C)c2ccccc2-c2cccc(-c3ccc(-c4ccc5c6c(cccc46)C(C)(C)c4ccccc4-5)cc3)c21. The summed E-state index contributed by atoms with van der Waals surface area (Å²) in [6, 6.07) is 45.4. The molecule has 8 rings (SSSR count). The summed E-state index contributed by atoms with van der Waals surface area (Å²) in [7, 11) is 0. The second-order valence-corrected chi connectivity index (χ2v) is 12.5. The molecule has 0 spiro atoms. The van der Waals surface area contributed by atoms with Crippen molar-refractivity contribution in [3.05, 3.63) is 144 Å². The van der Waals surface area contributed by atoms with E-state index in [1.807, 2.05) is 0 Å². The van der Waals surface area contributed by atoms with Crippen LogP contribution in [0.25, 0.3) is 55.3 Å². The van der Waals surface area contributed by atoms with Crippen molar-refractivity contribution in [3.63, 3.8) is 0 Å². The minimum atomic E-state index is -0.0380. The molecular weight excluding hydrogens is 480 g/mol. The predicted molar refractivity (Wildman–Crippen MR) is 170 cm³/mol. The minimum Gasteiger partial charge on any atom is -0.0619 e. The van der Waals surface area contributed by atoms with E-state index in [0.717, 1.165) is 0 Å². The standard InChI is InChI=1S/C40H32/c1-39(2)34-16-7-5-11-29(34)32-24-23-27(31-14-10-18-36(39)37(31)32)25-19-21-26(22-20-25)28-13-9-15-33-30-12-6-8-17-35(30)40(3,4)38(28)33/h5-24H,1-4H3. The van der Waals surface area contributed by atoms with Crippen LogP contribution in [0.15, 0.2) is 121 Å². The van der Waals surface area contributed by atoms with Gasteiger partial charge in [0, 0.05) is 10.8 Å². The maximum absolute atomic E-state index is 2.37. The van der Waals surface area contributed by atoms with Crippen LogP contribution in [0.4, 0.5) is 0 Å². The molecule has 0 unspecified atom stereocenters. The molecule has 0 N–H and O–H groups in total. The van der Waals surface area contributed by atoms with Crippen molar-refractivity contribution in [3.8, 4) is 44.5 Å². The number of hydrogen-bond acceptors (Lipinski definition) is 0. The summed E-state index contributed by atoms with van der Waals surface area (Å²) in [4.78, 5) is 0. The van der Waals surface area contributed by atoms with E-state index in [-0.39, 0.29) is 10.8 Å². The first-order valence-corrected chi connectivity index (χ1v) is 14.4. The van der Waals surface area contributed by atoms with E-state index in [2.05, 4.69) is 149 Å². The molecule has 2 aliphatic carbocycles. The largest absolute Gasteiger partial charge is 0.0619 e. The quantitative estimate of drug-likeness (QED) is 0.216. The van der Waals surface area contributed by atoms with Gasteiger partial charge in [0.2, 0.25) is 0 Å². The normalized spacial score (nSPS) is 15.4. The number of fused-ring (bicyclic) bond motifs is 5. The average molecular weight is 513 g/mol. The Balaban J connectivity index is 1.27. The molecule has 6 aromatic carbocycles. The van der Waals surface area contributed by atoms with Crippen LogP contribution in [0, 0.1) is 0 Å². The molecule has 0 saturated carbocycles. The molecule has 0 saturated heterocycles. The summed E-state index contributed by atoms with van der Waals surface area (Å²) in [6.45, 7) is 9.46. The van der Waals surface area contributed by atoms with Crippen molar-refractivity contribution in [2.75, 3.05) is 0 Å². The monoisotopic (exact) mass is 512 g/mol. The molecule has 0 bridgehead atoms. The Bertz CT molecular complexity index is 1980. The maximum atomic E-state index is 2.37. The van der Waals surface area contributed by atoms with E-state index in [4.69, 9.17) is 0 Å². The zero-order valence-corrected chi connectivity index (χ0v) is 23.5. The molecule has 0 nitrogen and oxygen atoms in total. The van der Waals surface area contributed by atoms with Crippen molar-refractivity contribution in [2.45, 2.75) is 38.5 Å². The lowest BCUT2D eigenvalue weighted by molar-refractivity contribution is 0.645. The maximum Gasteiger partial charge on any atom is 0.0165 e. The van der Waals surface area contributed by atoms with Gasteiger partial charge in [-0.05, 0) is 77.5 Å². The molecule has 0 aliphatic heterocycles. The van der Waals surface area contributed by atoms with Crippen molar-refractivity contribution < 1.29 is 0 Å². The topological polar surface area (TPSA) is 0 Å². The van der Waals surface area contributed by atoms with E-state index in [0.29, 0.717) is 0 Å². The lowest BCUT2D eigenvalue weighted by Crippen LogP contribution is -2.23. The first-order chi connectivity index (χ1) is 19.4. The van der Waals surface area contributed by atoms with E-state index >= 15 is 0 Å². The van der Waals surface area contributed by atoms with Gasteiger partial charge in [-0.3, -0.25) is 0 Å². The van der Waals surface area contributed by atoms with Crippen LogP contribution in [0.5, 0.6) is 0 Å². The molecule has 0 aromatic heterocycles. The molecular formula is C40H32. The summed E-state index contributed by atoms with van der Waals surface area (Å²) in [5.41, 5.74) is 16.2. The van der Waals surface area contributed by atoms with Gasteiger partial charge < -0.3 is 0 Å². The highest BCUT2D eigenvalue weighted by atomic mass is 14.4. The second-order valence-electron chi connectivity index (χ2n) is 12.5. The van der Waals surface area contributed by atoms with Crippen molar-refractivity contribution in [1.29, 1.82) is 0 Å². The third-order valence-corrected chi connectivity index (χ3v) is 9.69. The zero-order chi connectivity index (χ0) is 27.2. The summed E-state index contributed by atoms with van der Waals surface area (Å²) < 4.78 is 0. The van der Waals surface area contributed by atoms with Gasteiger partial charge in [0.05, 0.1) is 0 Å². The molecule has 40 heavy (non-hydrogen) atoms. The van der Waals surface area contributed by atoms with Crippen molar-refractivity contribution in [2.24, 2.45) is 0 Å². The zero-order valence-electron chi connectivity index (χ0n) is 23.5. The van der Waals surface area contributed by atoms with Gasteiger partial charge in [-0.2, -0.15) is 0 Å². The van der Waals surface area contributed by atoms with Gasteiger partial charge in [0.25, 0.3) is 0 Å². The number of benzene rings is 6. The fourth-order valence-corrected chi connectivity index (χ4v) is 7.73. The van der Waals surface area contributed by atoms with E-state index in [9.17, 15) is 0 Å². The molecule has 192 valence electrons. The Morgan fingerprint density at radius 3 is 1.57 bits per heavy atom. The second kappa shape index (κ2) is 8.05. The first-order valence-electron chi connectivity index (χ1n) is 14.4. The van der Waals surface area contributed by atoms with Crippen LogP contribution < -0.4 is 0 Å². The highest BCUT2D eigenvalue weighted by Crippen LogP contribution is 2.53. The van der Waals surface area contributed by atoms with Gasteiger partial charge in [-0.15, -0.1) is 0 Å². The molecule has 0 amide bonds. The van der Waals surface area contributed by atoms with Crippen LogP contribution in [0.3, 0.4) is 0 Å². The molecule has 0 heterocycles. The fraction of sp³-hybridized carbons (Fsp3) is 0.150. The minimum absolute atomic E-state index is 0.0273. The lowest BCUT2D eigenvalue weighted by atomic mass is 9.68. The summed E-state index contributed by atoms with van der Waals surface area (Å²) >= 11 is 0. The third kappa shape index (κ3) is 3.02. The van der Waals surface area contributed by atoms with Crippen LogP contribution in [0.1, 0.15) is 49.9 Å². The van der Waals surface area contributed by atoms with Gasteiger partial charge in [0.1, 0.15) is 0 Å². The summed E-state index contributed by atoms with van der Waals surface area (Å²) in [6.07, 6.45) is 0. The Hall–Kier alpha value is -4.42. The highest BCUT2D eigenvalue weighted by molar-refractivity contribution is 6.09. The van der Waals surface area contributed by atoms with E-state index in [1.54, 1.807) is 0 Å². The van der Waals surface area contributed by atoms with Gasteiger partial charge in [-0.1, -0.05) is 149 Å². The average Bonchev–Trinajstić information content (AvgIpc) is 3.23. The smallest absolute Gasteiger partial charge is 0.0165 e. The summed E-state index contributed by atoms with van der Waals surface area (Å²) in [5, 5.41) is 2.73. The van der Waals surface area contributed by atoms with E-state index in [1.165, 1.54) is 77.5 Å². The Labute approximate surface area is 237 Å². The third-order valence-electron chi connectivity index (χ3n) is 9.69. The highest BCUT2D eigenvalue weighted by Gasteiger charge is 2.37. The van der Waals surface area contributed by atoms with Gasteiger partial charge in [0.15, 0.2) is 0 Å². The molecule has 0 fully saturated rings. The lowest BCUT2D eigenvalue weighted by Gasteiger charge is -2.35. The molecule has 6 aromatic rings.